The summed E-state index contributed by atoms with van der Waals surface area (Å²) in [4.78, 5) is 0. The summed E-state index contributed by atoms with van der Waals surface area (Å²) in [6.07, 6.45) is -3.41. The summed E-state index contributed by atoms with van der Waals surface area (Å²) in [6.45, 7) is 0. The number of nitrogens with zero attached hydrogens (tertiary/aromatic N) is 2. The van der Waals surface area contributed by atoms with Crippen molar-refractivity contribution in [2.75, 3.05) is 0 Å². The molecule has 2 heterocycles. The van der Waals surface area contributed by atoms with Gasteiger partial charge in [0.25, 0.3) is 0 Å². The third-order valence-electron chi connectivity index (χ3n) is 1.79. The normalized spacial score (nSPS) is 12.3. The minimum atomic E-state index is -4.53. The van der Waals surface area contributed by atoms with Crippen molar-refractivity contribution in [2.24, 2.45) is 0 Å². The van der Waals surface area contributed by atoms with Gasteiger partial charge in [-0.2, -0.15) is 18.3 Å². The molecule has 0 radical (unpaired) electrons. The van der Waals surface area contributed by atoms with Gasteiger partial charge in [0, 0.05) is 0 Å². The summed E-state index contributed by atoms with van der Waals surface area (Å²) in [6, 6.07) is 2.62. The van der Waals surface area contributed by atoms with Crippen LogP contribution in [0.5, 0.6) is 0 Å². The molecule has 0 N–H and O–H groups in total. The molecule has 0 aliphatic carbocycles. The van der Waals surface area contributed by atoms with Gasteiger partial charge in [0.05, 0.1) is 6.20 Å². The molecule has 2 aromatic heterocycles. The Labute approximate surface area is 75.8 Å². The molecule has 0 aliphatic heterocycles. The smallest absolute Gasteiger partial charge is 0.226 e. The van der Waals surface area contributed by atoms with Crippen LogP contribution in [0, 0.1) is 5.82 Å². The van der Waals surface area contributed by atoms with Gasteiger partial charge >= 0.3 is 6.18 Å². The minimum absolute atomic E-state index is 0.181. The molecule has 0 aromatic carbocycles. The molecule has 2 aromatic rings. The van der Waals surface area contributed by atoms with Gasteiger partial charge in [-0.05, 0) is 18.2 Å². The zero-order chi connectivity index (χ0) is 10.3. The predicted molar refractivity (Wildman–Crippen MR) is 40.2 cm³/mol. The first-order valence-corrected chi connectivity index (χ1v) is 3.69. The maximum atomic E-state index is 13.0. The molecule has 74 valence electrons. The van der Waals surface area contributed by atoms with E-state index in [-0.39, 0.29) is 5.52 Å². The van der Waals surface area contributed by atoms with Gasteiger partial charge in [0.1, 0.15) is 17.0 Å². The van der Waals surface area contributed by atoms with Gasteiger partial charge in [-0.3, -0.25) is 0 Å². The Morgan fingerprint density at radius 2 is 1.86 bits per heavy atom. The van der Waals surface area contributed by atoms with Crippen molar-refractivity contribution in [1.82, 2.24) is 9.61 Å². The van der Waals surface area contributed by atoms with Crippen molar-refractivity contribution in [3.63, 3.8) is 0 Å². The molecule has 0 atom stereocenters. The van der Waals surface area contributed by atoms with Crippen LogP contribution in [0.1, 0.15) is 5.69 Å². The number of hydrogen-bond acceptors (Lipinski definition) is 1. The molecule has 0 bridgehead atoms. The van der Waals surface area contributed by atoms with Crippen LogP contribution in [0.3, 0.4) is 0 Å². The third-order valence-corrected chi connectivity index (χ3v) is 1.79. The van der Waals surface area contributed by atoms with Gasteiger partial charge in [0.2, 0.25) is 0 Å². The molecule has 0 fully saturated rings. The standard InChI is InChI=1S/C8H4F4N2/c9-5-1-2-7(8(10,11)12)14-6(5)3-4-13-14/h1-4H. The Balaban J connectivity index is 2.80. The lowest BCUT2D eigenvalue weighted by molar-refractivity contribution is -0.142. The fraction of sp³-hybridized carbons (Fsp3) is 0.125. The molecule has 6 heteroatoms. The molecule has 0 saturated heterocycles. The number of hydrogen-bond donors (Lipinski definition) is 0. The van der Waals surface area contributed by atoms with Crippen molar-refractivity contribution in [2.45, 2.75) is 6.18 Å². The number of alkyl halides is 3. The topological polar surface area (TPSA) is 17.3 Å². The maximum absolute atomic E-state index is 13.0. The molecule has 0 amide bonds. The molecule has 0 saturated carbocycles. The average Bonchev–Trinajstić information content (AvgIpc) is 2.50. The zero-order valence-electron chi connectivity index (χ0n) is 6.72. The lowest BCUT2D eigenvalue weighted by atomic mass is 10.3. The second kappa shape index (κ2) is 2.70. The summed E-state index contributed by atoms with van der Waals surface area (Å²) >= 11 is 0. The second-order valence-corrected chi connectivity index (χ2v) is 2.69. The number of aromatic nitrogens is 2. The molecular weight excluding hydrogens is 200 g/mol. The van der Waals surface area contributed by atoms with Gasteiger partial charge in [0.15, 0.2) is 0 Å². The Hall–Kier alpha value is -1.59. The van der Waals surface area contributed by atoms with E-state index in [1.807, 2.05) is 0 Å². The lowest BCUT2D eigenvalue weighted by Crippen LogP contribution is -2.12. The summed E-state index contributed by atoms with van der Waals surface area (Å²) < 4.78 is 50.5. The Kier molecular flexibility index (Phi) is 1.73. The fourth-order valence-corrected chi connectivity index (χ4v) is 1.20. The molecule has 2 nitrogen and oxygen atoms in total. The van der Waals surface area contributed by atoms with Gasteiger partial charge in [-0.25, -0.2) is 8.91 Å². The van der Waals surface area contributed by atoms with E-state index in [4.69, 9.17) is 0 Å². The number of rotatable bonds is 0. The van der Waals surface area contributed by atoms with Crippen molar-refractivity contribution in [3.8, 4) is 0 Å². The van der Waals surface area contributed by atoms with Gasteiger partial charge in [-0.15, -0.1) is 0 Å². The van der Waals surface area contributed by atoms with Crippen LogP contribution in [-0.4, -0.2) is 9.61 Å². The first-order chi connectivity index (χ1) is 6.50. The van der Waals surface area contributed by atoms with Crippen molar-refractivity contribution in [1.29, 1.82) is 0 Å². The van der Waals surface area contributed by atoms with Crippen LogP contribution < -0.4 is 0 Å². The molecular formula is C8H4F4N2. The first kappa shape index (κ1) is 8.98. The summed E-state index contributed by atoms with van der Waals surface area (Å²) in [5.74, 6) is -0.726. The molecule has 0 spiro atoms. The number of pyridine rings is 1. The number of halogens is 4. The van der Waals surface area contributed by atoms with Crippen LogP contribution in [0.15, 0.2) is 24.4 Å². The summed E-state index contributed by atoms with van der Waals surface area (Å²) in [5, 5.41) is 3.40. The molecule has 14 heavy (non-hydrogen) atoms. The second-order valence-electron chi connectivity index (χ2n) is 2.69. The van der Waals surface area contributed by atoms with Crippen LogP contribution >= 0.6 is 0 Å². The van der Waals surface area contributed by atoms with Crippen molar-refractivity contribution >= 4 is 5.52 Å². The van der Waals surface area contributed by atoms with E-state index in [1.54, 1.807) is 0 Å². The van der Waals surface area contributed by atoms with Crippen molar-refractivity contribution in [3.05, 3.63) is 35.9 Å². The third kappa shape index (κ3) is 1.23. The molecule has 2 rings (SSSR count). The van der Waals surface area contributed by atoms with Crippen molar-refractivity contribution < 1.29 is 17.6 Å². The van der Waals surface area contributed by atoms with Crippen LogP contribution in [0.2, 0.25) is 0 Å². The van der Waals surface area contributed by atoms with E-state index in [1.165, 1.54) is 6.07 Å². The van der Waals surface area contributed by atoms with E-state index >= 15 is 0 Å². The number of fused-ring (bicyclic) bond motifs is 1. The summed E-state index contributed by atoms with van der Waals surface area (Å²) in [7, 11) is 0. The minimum Gasteiger partial charge on any atom is -0.226 e. The maximum Gasteiger partial charge on any atom is 0.433 e. The average molecular weight is 204 g/mol. The highest BCUT2D eigenvalue weighted by Crippen LogP contribution is 2.29. The van der Waals surface area contributed by atoms with E-state index in [9.17, 15) is 17.6 Å². The Morgan fingerprint density at radius 3 is 2.50 bits per heavy atom. The summed E-state index contributed by atoms with van der Waals surface area (Å²) in [5.41, 5.74) is -1.17. The van der Waals surface area contributed by atoms with E-state index in [0.717, 1.165) is 12.3 Å². The van der Waals surface area contributed by atoms with E-state index in [0.29, 0.717) is 10.6 Å². The van der Waals surface area contributed by atoms with E-state index in [2.05, 4.69) is 5.10 Å². The quantitative estimate of drug-likeness (QED) is 0.602. The van der Waals surface area contributed by atoms with Gasteiger partial charge < -0.3 is 0 Å². The Bertz CT molecular complexity index is 472. The van der Waals surface area contributed by atoms with Crippen LogP contribution in [0.4, 0.5) is 17.6 Å². The van der Waals surface area contributed by atoms with Crippen LogP contribution in [0.25, 0.3) is 5.52 Å². The lowest BCUT2D eigenvalue weighted by Gasteiger charge is -2.08. The highest BCUT2D eigenvalue weighted by atomic mass is 19.4. The largest absolute Gasteiger partial charge is 0.433 e. The highest BCUT2D eigenvalue weighted by Gasteiger charge is 2.34. The highest BCUT2D eigenvalue weighted by molar-refractivity contribution is 5.48. The van der Waals surface area contributed by atoms with E-state index < -0.39 is 17.7 Å². The van der Waals surface area contributed by atoms with Gasteiger partial charge in [-0.1, -0.05) is 0 Å². The fourth-order valence-electron chi connectivity index (χ4n) is 1.20. The zero-order valence-corrected chi connectivity index (χ0v) is 6.72. The Morgan fingerprint density at radius 1 is 1.14 bits per heavy atom. The first-order valence-electron chi connectivity index (χ1n) is 3.69. The van der Waals surface area contributed by atoms with Crippen LogP contribution in [-0.2, 0) is 6.18 Å². The monoisotopic (exact) mass is 204 g/mol. The molecule has 0 unspecified atom stereocenters. The SMILES string of the molecule is Fc1ccc(C(F)(F)F)n2nccc12. The molecule has 0 aliphatic rings. The predicted octanol–water partition coefficient (Wildman–Crippen LogP) is 2.49.